The molecule has 0 heterocycles. The highest BCUT2D eigenvalue weighted by Gasteiger charge is 2.49. The lowest BCUT2D eigenvalue weighted by molar-refractivity contribution is -0.139. The van der Waals surface area contributed by atoms with Gasteiger partial charge in [0.15, 0.2) is 0 Å². The van der Waals surface area contributed by atoms with Crippen LogP contribution in [0.25, 0.3) is 0 Å². The summed E-state index contributed by atoms with van der Waals surface area (Å²) in [6, 6.07) is 6.07. The summed E-state index contributed by atoms with van der Waals surface area (Å²) in [7, 11) is -4.05. The molecule has 6 nitrogen and oxygen atoms in total. The van der Waals surface area contributed by atoms with Gasteiger partial charge in [-0.05, 0) is 45.2 Å². The van der Waals surface area contributed by atoms with Crippen molar-refractivity contribution < 1.29 is 22.8 Å². The van der Waals surface area contributed by atoms with Crippen molar-refractivity contribution in [2.45, 2.75) is 50.8 Å². The molecule has 0 radical (unpaired) electrons. The van der Waals surface area contributed by atoms with Crippen LogP contribution in [0.3, 0.4) is 0 Å². The summed E-state index contributed by atoms with van der Waals surface area (Å²) in [6.45, 7) is 3.21. The van der Waals surface area contributed by atoms with Crippen molar-refractivity contribution in [2.24, 2.45) is 5.41 Å². The van der Waals surface area contributed by atoms with E-state index < -0.39 is 21.3 Å². The predicted octanol–water partition coefficient (Wildman–Crippen LogP) is 1.91. The van der Waals surface area contributed by atoms with Crippen molar-refractivity contribution in [3.8, 4) is 0 Å². The minimum Gasteiger partial charge on any atom is -0.300 e. The van der Waals surface area contributed by atoms with Crippen LogP contribution in [0.5, 0.6) is 0 Å². The van der Waals surface area contributed by atoms with Crippen LogP contribution in [-0.4, -0.2) is 25.9 Å². The second-order valence-electron chi connectivity index (χ2n) is 6.31. The van der Waals surface area contributed by atoms with Gasteiger partial charge in [0.25, 0.3) is 10.0 Å². The highest BCUT2D eigenvalue weighted by atomic mass is 32.2. The molecule has 1 atom stereocenters. The van der Waals surface area contributed by atoms with E-state index in [1.165, 1.54) is 19.1 Å². The van der Waals surface area contributed by atoms with Crippen LogP contribution in [0.2, 0.25) is 0 Å². The number of carbonyl (C=O) groups is 3. The number of Topliss-reactive ketones (excluding diaryl/α,β-unsaturated/α-hetero) is 2. The summed E-state index contributed by atoms with van der Waals surface area (Å²) in [5.41, 5.74) is -0.521. The first-order chi connectivity index (χ1) is 11.2. The van der Waals surface area contributed by atoms with Gasteiger partial charge in [-0.2, -0.15) is 0 Å². The Labute approximate surface area is 141 Å². The fourth-order valence-corrected chi connectivity index (χ4v) is 3.98. The van der Waals surface area contributed by atoms with Crippen LogP contribution >= 0.6 is 0 Å². The fraction of sp³-hybridized carbons (Fsp3) is 0.471. The third-order valence-electron chi connectivity index (χ3n) is 4.44. The lowest BCUT2D eigenvalue weighted by atomic mass is 9.79. The monoisotopic (exact) mass is 351 g/mol. The zero-order valence-electron chi connectivity index (χ0n) is 13.8. The third kappa shape index (κ3) is 3.72. The zero-order chi connectivity index (χ0) is 18.0. The SMILES string of the molecule is CC(=O)CC[C@]1(C(=O)NS(=O)(=O)c2ccc(C)cc2)CCCC1=O. The van der Waals surface area contributed by atoms with Gasteiger partial charge in [0.05, 0.1) is 4.90 Å². The van der Waals surface area contributed by atoms with Crippen molar-refractivity contribution in [3.63, 3.8) is 0 Å². The van der Waals surface area contributed by atoms with Crippen molar-refractivity contribution in [1.82, 2.24) is 4.72 Å². The summed E-state index contributed by atoms with van der Waals surface area (Å²) < 4.78 is 26.8. The molecule has 1 amide bonds. The highest BCUT2D eigenvalue weighted by molar-refractivity contribution is 7.90. The molecule has 2 rings (SSSR count). The van der Waals surface area contributed by atoms with Gasteiger partial charge in [-0.15, -0.1) is 0 Å². The van der Waals surface area contributed by atoms with Gasteiger partial charge in [-0.3, -0.25) is 9.59 Å². The molecule has 0 bridgehead atoms. The van der Waals surface area contributed by atoms with Crippen molar-refractivity contribution in [2.75, 3.05) is 0 Å². The third-order valence-corrected chi connectivity index (χ3v) is 5.78. The Kier molecular flexibility index (Phi) is 5.22. The quantitative estimate of drug-likeness (QED) is 0.790. The second-order valence-corrected chi connectivity index (χ2v) is 7.99. The Morgan fingerprint density at radius 1 is 1.21 bits per heavy atom. The fourth-order valence-electron chi connectivity index (χ4n) is 2.93. The number of carbonyl (C=O) groups excluding carboxylic acids is 3. The van der Waals surface area contributed by atoms with E-state index in [0.29, 0.717) is 6.42 Å². The Balaban J connectivity index is 2.25. The number of amides is 1. The Morgan fingerprint density at radius 2 is 1.83 bits per heavy atom. The number of hydrogen-bond acceptors (Lipinski definition) is 5. The van der Waals surface area contributed by atoms with E-state index in [1.54, 1.807) is 12.1 Å². The molecule has 24 heavy (non-hydrogen) atoms. The average Bonchev–Trinajstić information content (AvgIpc) is 2.87. The molecule has 1 aliphatic carbocycles. The maximum absolute atomic E-state index is 12.6. The van der Waals surface area contributed by atoms with Crippen LogP contribution < -0.4 is 4.72 Å². The van der Waals surface area contributed by atoms with E-state index in [9.17, 15) is 22.8 Å². The summed E-state index contributed by atoms with van der Waals surface area (Å²) in [5.74, 6) is -1.25. The number of sulfonamides is 1. The Bertz CT molecular complexity index is 767. The van der Waals surface area contributed by atoms with Crippen LogP contribution in [-0.2, 0) is 24.4 Å². The molecule has 1 aromatic carbocycles. The normalized spacial score (nSPS) is 20.8. The molecule has 0 aliphatic heterocycles. The summed E-state index contributed by atoms with van der Waals surface area (Å²) in [6.07, 6.45) is 1.15. The first kappa shape index (κ1) is 18.3. The number of ketones is 2. The van der Waals surface area contributed by atoms with Crippen molar-refractivity contribution >= 4 is 27.5 Å². The number of rotatable bonds is 6. The summed E-state index contributed by atoms with van der Waals surface area (Å²) in [5, 5.41) is 0. The van der Waals surface area contributed by atoms with Gasteiger partial charge in [0, 0.05) is 12.8 Å². The van der Waals surface area contributed by atoms with E-state index in [2.05, 4.69) is 0 Å². The molecule has 0 unspecified atom stereocenters. The maximum atomic E-state index is 12.6. The van der Waals surface area contributed by atoms with Gasteiger partial charge in [0.2, 0.25) is 5.91 Å². The van der Waals surface area contributed by atoms with Gasteiger partial charge < -0.3 is 4.79 Å². The smallest absolute Gasteiger partial charge is 0.264 e. The van der Waals surface area contributed by atoms with E-state index in [0.717, 1.165) is 5.56 Å². The average molecular weight is 351 g/mol. The molecule has 0 spiro atoms. The predicted molar refractivity (Wildman–Crippen MR) is 87.7 cm³/mol. The van der Waals surface area contributed by atoms with E-state index in [1.807, 2.05) is 11.6 Å². The molecule has 1 aliphatic rings. The second kappa shape index (κ2) is 6.84. The molecule has 1 saturated carbocycles. The van der Waals surface area contributed by atoms with Gasteiger partial charge in [0.1, 0.15) is 17.0 Å². The standard InChI is InChI=1S/C17H21NO5S/c1-12-5-7-14(8-6-12)24(22,23)18-16(21)17(11-9-13(2)19)10-3-4-15(17)20/h5-8H,3-4,9-11H2,1-2H3,(H,18,21)/t17-/m1/s1. The lowest BCUT2D eigenvalue weighted by Gasteiger charge is -2.25. The van der Waals surface area contributed by atoms with Crippen LogP contribution in [0.4, 0.5) is 0 Å². The topological polar surface area (TPSA) is 97.4 Å². The lowest BCUT2D eigenvalue weighted by Crippen LogP contribution is -2.46. The van der Waals surface area contributed by atoms with Crippen molar-refractivity contribution in [1.29, 1.82) is 0 Å². The minimum atomic E-state index is -4.05. The van der Waals surface area contributed by atoms with Gasteiger partial charge in [-0.1, -0.05) is 17.7 Å². The van der Waals surface area contributed by atoms with Crippen LogP contribution in [0.1, 0.15) is 44.6 Å². The highest BCUT2D eigenvalue weighted by Crippen LogP contribution is 2.39. The molecule has 7 heteroatoms. The van der Waals surface area contributed by atoms with E-state index in [-0.39, 0.29) is 42.1 Å². The molecular weight excluding hydrogens is 330 g/mol. The summed E-state index contributed by atoms with van der Waals surface area (Å²) >= 11 is 0. The van der Waals surface area contributed by atoms with Crippen LogP contribution in [0, 0.1) is 12.3 Å². The van der Waals surface area contributed by atoms with Gasteiger partial charge >= 0.3 is 0 Å². The molecule has 0 aromatic heterocycles. The molecular formula is C17H21NO5S. The van der Waals surface area contributed by atoms with Gasteiger partial charge in [-0.25, -0.2) is 13.1 Å². The molecule has 1 aromatic rings. The Hall–Kier alpha value is -2.02. The molecule has 1 N–H and O–H groups in total. The van der Waals surface area contributed by atoms with Crippen molar-refractivity contribution in [3.05, 3.63) is 29.8 Å². The first-order valence-corrected chi connectivity index (χ1v) is 9.32. The number of aryl methyl sites for hydroxylation is 1. The van der Waals surface area contributed by atoms with E-state index >= 15 is 0 Å². The molecule has 1 fully saturated rings. The number of nitrogens with one attached hydrogen (secondary N) is 1. The first-order valence-electron chi connectivity index (χ1n) is 7.84. The summed E-state index contributed by atoms with van der Waals surface area (Å²) in [4.78, 5) is 36.1. The minimum absolute atomic E-state index is 0.0337. The number of hydrogen-bond donors (Lipinski definition) is 1. The van der Waals surface area contributed by atoms with E-state index in [4.69, 9.17) is 0 Å². The Morgan fingerprint density at radius 3 is 2.33 bits per heavy atom. The zero-order valence-corrected chi connectivity index (χ0v) is 14.6. The molecule has 130 valence electrons. The largest absolute Gasteiger partial charge is 0.300 e. The number of benzene rings is 1. The maximum Gasteiger partial charge on any atom is 0.264 e. The van der Waals surface area contributed by atoms with Crippen LogP contribution in [0.15, 0.2) is 29.2 Å². The molecule has 0 saturated heterocycles.